The Morgan fingerprint density at radius 2 is 0.609 bits per heavy atom. The Hall–Kier alpha value is -2.22. The lowest BCUT2D eigenvalue weighted by Crippen LogP contribution is -2.31. The third-order valence-electron chi connectivity index (χ3n) is 15.4. The molecule has 138 heavy (non-hydrogen) atoms. The summed E-state index contributed by atoms with van der Waals surface area (Å²) < 4.78 is 43.8. The van der Waals surface area contributed by atoms with Crippen molar-refractivity contribution in [1.82, 2.24) is 45.6 Å². The van der Waals surface area contributed by atoms with Gasteiger partial charge in [0.15, 0.2) is 0 Å². The van der Waals surface area contributed by atoms with E-state index >= 15 is 0 Å². The van der Waals surface area contributed by atoms with Gasteiger partial charge in [-0.25, -0.2) is 0 Å². The Balaban J connectivity index is -0.000000357. The maximum atomic E-state index is 11.8. The van der Waals surface area contributed by atoms with E-state index in [4.69, 9.17) is 115 Å². The summed E-state index contributed by atoms with van der Waals surface area (Å²) >= 11 is 18.1. The Kier molecular flexibility index (Phi) is 105. The molecular formula is C81H137I9N10O38. The standard InChI is InChI=1S/C13H18INO4.C12H15IN2O6.C12H16INO4.3C8H16INO4.2C7H14INO4.C6H12INO4/c1-10-2-4-11(5-3-10)12(14)13(17)19-9-7-15(18)6-8-16;13-11(9-1-3-10(4-2-9)15(19)20)12(17)21-8-6-14(18)5-7-16;13-11(10-4-2-1-3-5-10)12(16)18-9-7-14(17)6-8-15;1-8(2,9)7(12)14-6-4-10(13)3-5-11;1-2-7(9)8(12)14-6-4-10(13)3-5-11;9-3-1-2-8(12)14-7-5-10(13)4-6-11;1-6(8)7(11)13-5-3-9(12)2-4-10;8-2-1-7(11)13-6-4-9(12)3-5-10;7-5-6(10)12-4-2-8(11)1-3-9/h2-5,12,16,18H,6-9H2,1H3;1-4,11,16,18H,5-8H2;1-5,11,15,17H,6-9H2;11,13H,3-6H2,1-2H3;7,11,13H,2-6H2,1H3;11,13H,1-7H2;6,10,12H,2-5H2,1H3;10,12H,1-6H2;9,11H,1-5H2. The summed E-state index contributed by atoms with van der Waals surface area (Å²) in [6, 6.07) is 22.7. The fourth-order valence-corrected chi connectivity index (χ4v) is 11.4. The lowest BCUT2D eigenvalue weighted by atomic mass is 10.1. The molecule has 0 aromatic heterocycles. The van der Waals surface area contributed by atoms with Crippen molar-refractivity contribution >= 4 is 263 Å². The molecule has 0 spiro atoms. The number of hydroxylamine groups is 18. The highest BCUT2D eigenvalue weighted by molar-refractivity contribution is 14.1. The van der Waals surface area contributed by atoms with Gasteiger partial charge in [0.05, 0.1) is 134 Å². The van der Waals surface area contributed by atoms with Crippen molar-refractivity contribution in [1.29, 1.82) is 0 Å². The van der Waals surface area contributed by atoms with Crippen molar-refractivity contribution in [2.24, 2.45) is 0 Å². The molecule has 0 saturated heterocycles. The molecule has 3 aromatic carbocycles. The number of benzene rings is 3. The maximum absolute atomic E-state index is 11.8. The minimum atomic E-state index is -0.589. The number of carbonyl (C=O) groups is 9. The first kappa shape index (κ1) is 146. The van der Waals surface area contributed by atoms with Crippen LogP contribution in [0, 0.1) is 17.0 Å². The molecule has 0 amide bonds. The van der Waals surface area contributed by atoms with E-state index in [0.717, 1.165) is 84.0 Å². The van der Waals surface area contributed by atoms with Gasteiger partial charge in [0.1, 0.15) is 82.5 Å². The molecule has 0 aliphatic heterocycles. The number of aryl methyl sites for hydroxylation is 1. The van der Waals surface area contributed by atoms with Gasteiger partial charge in [0, 0.05) is 86.3 Å². The predicted octanol–water partition coefficient (Wildman–Crippen LogP) is 5.39. The van der Waals surface area contributed by atoms with E-state index < -0.39 is 18.2 Å². The molecule has 5 atom stereocenters. The molecule has 0 bridgehead atoms. The number of ether oxygens (including phenoxy) is 9. The van der Waals surface area contributed by atoms with Gasteiger partial charge >= 0.3 is 53.7 Å². The van der Waals surface area contributed by atoms with Gasteiger partial charge < -0.3 is 135 Å². The molecular weight excluding hydrogens is 2860 g/mol. The quantitative estimate of drug-likeness (QED) is 0.00841. The Morgan fingerprint density at radius 1 is 0.355 bits per heavy atom. The molecule has 48 nitrogen and oxygen atoms in total. The summed E-state index contributed by atoms with van der Waals surface area (Å²) in [5, 5.41) is 177. The lowest BCUT2D eigenvalue weighted by Gasteiger charge is -2.17. The van der Waals surface area contributed by atoms with Crippen molar-refractivity contribution in [2.75, 3.05) is 250 Å². The van der Waals surface area contributed by atoms with E-state index in [-0.39, 0.29) is 306 Å². The van der Waals surface area contributed by atoms with Crippen LogP contribution in [0.25, 0.3) is 0 Å². The van der Waals surface area contributed by atoms with Gasteiger partial charge in [-0.2, -0.15) is 45.6 Å². The van der Waals surface area contributed by atoms with Crippen LogP contribution in [0.4, 0.5) is 5.69 Å². The lowest BCUT2D eigenvalue weighted by molar-refractivity contribution is -0.384. The van der Waals surface area contributed by atoms with Crippen LogP contribution in [0.5, 0.6) is 0 Å². The van der Waals surface area contributed by atoms with Gasteiger partial charge in [-0.3, -0.25) is 53.3 Å². The number of esters is 9. The molecule has 0 saturated carbocycles. The molecule has 0 fully saturated rings. The molecule has 18 N–H and O–H groups in total. The number of rotatable bonds is 62. The highest BCUT2D eigenvalue weighted by Gasteiger charge is 2.26. The number of halogens is 9. The van der Waals surface area contributed by atoms with E-state index in [9.17, 15) is 68.9 Å². The molecule has 0 radical (unpaired) electrons. The Bertz CT molecular complexity index is 3520. The Labute approximate surface area is 926 Å². The highest BCUT2D eigenvalue weighted by atomic mass is 127. The van der Waals surface area contributed by atoms with Crippen LogP contribution in [0.1, 0.15) is 87.4 Å². The molecule has 0 aliphatic carbocycles. The minimum absolute atomic E-state index is 0.0121. The first-order valence-corrected chi connectivity index (χ1v) is 54.0. The first-order chi connectivity index (χ1) is 65.3. The monoisotopic (exact) mass is 3000 g/mol. The largest absolute Gasteiger partial charge is 0.464 e. The fourth-order valence-electron chi connectivity index (χ4n) is 8.11. The van der Waals surface area contributed by atoms with E-state index in [1.807, 2.05) is 227 Å². The van der Waals surface area contributed by atoms with Crippen LogP contribution in [-0.4, -0.2) is 458 Å². The number of alkyl halides is 9. The number of nitro benzene ring substituents is 1. The summed E-state index contributed by atoms with van der Waals surface area (Å²) in [6.45, 7) is 12.2. The molecule has 57 heteroatoms. The van der Waals surface area contributed by atoms with Crippen molar-refractivity contribution in [3.8, 4) is 0 Å². The van der Waals surface area contributed by atoms with Gasteiger partial charge in [-0.05, 0) is 57.2 Å². The van der Waals surface area contributed by atoms with E-state index in [1.165, 1.54) is 24.3 Å². The number of nitro groups is 1. The fraction of sp³-hybridized carbons (Fsp3) is 0.667. The first-order valence-electron chi connectivity index (χ1n) is 42.1. The summed E-state index contributed by atoms with van der Waals surface area (Å²) in [6.07, 6.45) is 2.37. The molecule has 0 heterocycles. The summed E-state index contributed by atoms with van der Waals surface area (Å²) in [5.74, 6) is -2.82. The van der Waals surface area contributed by atoms with Gasteiger partial charge in [-0.1, -0.05) is 283 Å². The van der Waals surface area contributed by atoms with Crippen molar-refractivity contribution in [2.45, 2.75) is 83.3 Å². The van der Waals surface area contributed by atoms with Gasteiger partial charge in [0.25, 0.3) is 5.69 Å². The summed E-state index contributed by atoms with van der Waals surface area (Å²) in [7, 11) is 0. The van der Waals surface area contributed by atoms with Crippen LogP contribution in [0.2, 0.25) is 0 Å². The topological polar surface area (TPSA) is 673 Å². The van der Waals surface area contributed by atoms with Gasteiger partial charge in [0.2, 0.25) is 0 Å². The zero-order chi connectivity index (χ0) is 106. The number of aliphatic hydroxyl groups is 9. The number of non-ortho nitro benzene ring substituents is 1. The Morgan fingerprint density at radius 3 is 0.862 bits per heavy atom. The number of hydrogen-bond donors (Lipinski definition) is 18. The third kappa shape index (κ3) is 92.4. The van der Waals surface area contributed by atoms with Crippen molar-refractivity contribution in [3.05, 3.63) is 111 Å². The smallest absolute Gasteiger partial charge is 0.323 e. The minimum Gasteiger partial charge on any atom is -0.464 e. The van der Waals surface area contributed by atoms with E-state index in [0.29, 0.717) is 22.8 Å². The molecule has 3 aromatic rings. The second-order valence-corrected chi connectivity index (χ2v) is 40.0. The normalized spacial score (nSPS) is 11.9. The van der Waals surface area contributed by atoms with Crippen molar-refractivity contribution < 1.29 is 184 Å². The third-order valence-corrected chi connectivity index (χ3v) is 23.4. The zero-order valence-electron chi connectivity index (χ0n) is 77.4. The number of aliphatic hydroxyl groups excluding tert-OH is 9. The summed E-state index contributed by atoms with van der Waals surface area (Å²) in [5.41, 5.74) is 3.48. The summed E-state index contributed by atoms with van der Waals surface area (Å²) in [4.78, 5) is 111. The molecule has 3 rings (SSSR count). The number of hydrogen-bond acceptors (Lipinski definition) is 47. The van der Waals surface area contributed by atoms with Crippen LogP contribution in [-0.2, 0) is 85.8 Å². The van der Waals surface area contributed by atoms with Gasteiger partial charge in [-0.15, -0.1) is 0 Å². The molecule has 802 valence electrons. The SMILES string of the molecule is CC(C)(I)C(=O)OCCN(O)CCO.CC(I)C(=O)OCCN(O)CCO.CCC(I)C(=O)OCCN(O)CCO.Cc1ccc(C(I)C(=O)OCCN(O)CCO)cc1.O=C(CCCI)OCCN(O)CCO.O=C(CCI)OCCN(O)CCO.O=C(CI)OCCN(O)CCO.O=C(OCCN(O)CCO)C(I)c1ccc([N+](=O)[O-])cc1.O=C(OCCN(O)CCO)C(I)c1ccccc1. The van der Waals surface area contributed by atoms with Crippen molar-refractivity contribution in [3.63, 3.8) is 0 Å². The second kappa shape index (κ2) is 99.4. The molecule has 5 unspecified atom stereocenters. The number of nitrogens with zero attached hydrogens (tertiary/aromatic N) is 10. The van der Waals surface area contributed by atoms with E-state index in [1.54, 1.807) is 20.8 Å². The number of carbonyl (C=O) groups excluding carboxylic acids is 9. The van der Waals surface area contributed by atoms with E-state index in [2.05, 4.69) is 49.9 Å². The average molecular weight is 3000 g/mol. The van der Waals surface area contributed by atoms with Crippen LogP contribution in [0.15, 0.2) is 78.9 Å². The van der Waals surface area contributed by atoms with Crippen LogP contribution >= 0.6 is 203 Å². The molecule has 0 aliphatic rings. The zero-order valence-corrected chi connectivity index (χ0v) is 96.8. The average Bonchev–Trinajstić information content (AvgIpc) is 0.833. The van der Waals surface area contributed by atoms with Crippen LogP contribution < -0.4 is 0 Å². The predicted molar refractivity (Wildman–Crippen MR) is 574 cm³/mol. The van der Waals surface area contributed by atoms with Crippen LogP contribution in [0.3, 0.4) is 0 Å². The maximum Gasteiger partial charge on any atom is 0.323 e. The second-order valence-electron chi connectivity index (χ2n) is 27.3. The highest BCUT2D eigenvalue weighted by Crippen LogP contribution is 2.28.